The minimum absolute atomic E-state index is 0.204. The number of cyclic esters (lactones) is 1. The molecule has 0 saturated heterocycles. The van der Waals surface area contributed by atoms with E-state index in [0.717, 1.165) is 11.5 Å². The number of pyridine rings is 1. The molecule has 3 aromatic carbocycles. The molecule has 1 aliphatic heterocycles. The first kappa shape index (κ1) is 22.9. The quantitative estimate of drug-likeness (QED) is 0.301. The molecule has 2 heterocycles. The van der Waals surface area contributed by atoms with Crippen LogP contribution in [0.4, 0.5) is 13.2 Å². The van der Waals surface area contributed by atoms with Gasteiger partial charge < -0.3 is 14.6 Å². The van der Waals surface area contributed by atoms with Gasteiger partial charge >= 0.3 is 5.97 Å². The maximum atomic E-state index is 14.2. The molecule has 0 aliphatic carbocycles. The summed E-state index contributed by atoms with van der Waals surface area (Å²) in [5.74, 6) is -2.27. The van der Waals surface area contributed by atoms with Gasteiger partial charge in [0.15, 0.2) is 0 Å². The SMILES string of the molecule is O=C1OC(CCNCCn2c(=O)ccc3ccc(F)cc32)c2ccc(-c3ccc(F)cc3F)cc21. The molecule has 0 radical (unpaired) electrons. The van der Waals surface area contributed by atoms with Crippen LogP contribution in [-0.4, -0.2) is 23.6 Å². The number of carbonyl (C=O) groups is 1. The Bertz CT molecular complexity index is 1500. The van der Waals surface area contributed by atoms with Crippen LogP contribution >= 0.6 is 0 Å². The molecular formula is C27H21F3N2O3. The Morgan fingerprint density at radius 3 is 2.43 bits per heavy atom. The zero-order chi connectivity index (χ0) is 24.5. The van der Waals surface area contributed by atoms with E-state index >= 15 is 0 Å². The second-order valence-corrected chi connectivity index (χ2v) is 8.39. The molecule has 1 atom stereocenters. The summed E-state index contributed by atoms with van der Waals surface area (Å²) in [6.07, 6.45) is 0.0497. The van der Waals surface area contributed by atoms with Gasteiger partial charge in [0, 0.05) is 42.8 Å². The molecule has 35 heavy (non-hydrogen) atoms. The zero-order valence-corrected chi connectivity index (χ0v) is 18.6. The molecule has 0 bridgehead atoms. The van der Waals surface area contributed by atoms with E-state index in [0.29, 0.717) is 48.3 Å². The van der Waals surface area contributed by atoms with Gasteiger partial charge in [-0.2, -0.15) is 0 Å². The van der Waals surface area contributed by atoms with Crippen molar-refractivity contribution in [1.82, 2.24) is 9.88 Å². The summed E-state index contributed by atoms with van der Waals surface area (Å²) in [5.41, 5.74) is 2.07. The Labute approximate surface area is 198 Å². The number of ether oxygens (including phenoxy) is 1. The van der Waals surface area contributed by atoms with Gasteiger partial charge in [0.2, 0.25) is 0 Å². The van der Waals surface area contributed by atoms with E-state index in [-0.39, 0.29) is 11.1 Å². The molecule has 4 aromatic rings. The number of halogens is 3. The van der Waals surface area contributed by atoms with E-state index in [1.165, 1.54) is 34.9 Å². The Hall–Kier alpha value is -3.91. The molecule has 1 unspecified atom stereocenters. The number of rotatable bonds is 7. The average molecular weight is 478 g/mol. The summed E-state index contributed by atoms with van der Waals surface area (Å²) < 4.78 is 48.1. The first-order valence-electron chi connectivity index (χ1n) is 11.2. The Morgan fingerprint density at radius 1 is 0.829 bits per heavy atom. The standard InChI is InChI=1S/C27H21F3N2O3/c28-18-5-7-20(23(30)14-18)17-2-6-21-22(13-17)27(34)35-25(21)9-10-31-11-12-32-24-15-19(29)4-1-16(24)3-8-26(32)33/h1-8,13-15,25,31H,9-12H2. The van der Waals surface area contributed by atoms with Crippen molar-refractivity contribution in [2.45, 2.75) is 19.1 Å². The number of hydrogen-bond acceptors (Lipinski definition) is 4. The fourth-order valence-electron chi connectivity index (χ4n) is 4.42. The maximum absolute atomic E-state index is 14.2. The predicted molar refractivity (Wildman–Crippen MR) is 126 cm³/mol. The monoisotopic (exact) mass is 478 g/mol. The van der Waals surface area contributed by atoms with Crippen LogP contribution in [0, 0.1) is 17.5 Å². The van der Waals surface area contributed by atoms with Crippen molar-refractivity contribution in [3.63, 3.8) is 0 Å². The molecule has 0 spiro atoms. The fourth-order valence-corrected chi connectivity index (χ4v) is 4.42. The number of benzene rings is 3. The highest BCUT2D eigenvalue weighted by molar-refractivity contribution is 5.95. The molecule has 5 nitrogen and oxygen atoms in total. The summed E-state index contributed by atoms with van der Waals surface area (Å²) in [4.78, 5) is 24.7. The molecule has 1 aromatic heterocycles. The second kappa shape index (κ2) is 9.38. The van der Waals surface area contributed by atoms with Crippen molar-refractivity contribution in [2.24, 2.45) is 0 Å². The third-order valence-electron chi connectivity index (χ3n) is 6.16. The van der Waals surface area contributed by atoms with Crippen LogP contribution in [0.1, 0.15) is 28.4 Å². The Kier molecular flexibility index (Phi) is 6.13. The first-order chi connectivity index (χ1) is 16.9. The van der Waals surface area contributed by atoms with Gasteiger partial charge in [-0.1, -0.05) is 12.1 Å². The van der Waals surface area contributed by atoms with Gasteiger partial charge in [-0.15, -0.1) is 0 Å². The summed E-state index contributed by atoms with van der Waals surface area (Å²) in [6.45, 7) is 1.33. The molecule has 1 aliphatic rings. The van der Waals surface area contributed by atoms with E-state index in [4.69, 9.17) is 4.74 Å². The summed E-state index contributed by atoms with van der Waals surface area (Å²) in [7, 11) is 0. The highest BCUT2D eigenvalue weighted by Gasteiger charge is 2.31. The topological polar surface area (TPSA) is 60.3 Å². The third-order valence-corrected chi connectivity index (χ3v) is 6.16. The minimum Gasteiger partial charge on any atom is -0.454 e. The molecule has 0 fully saturated rings. The lowest BCUT2D eigenvalue weighted by Gasteiger charge is -2.13. The van der Waals surface area contributed by atoms with E-state index < -0.39 is 29.5 Å². The van der Waals surface area contributed by atoms with Gasteiger partial charge in [-0.05, 0) is 60.0 Å². The average Bonchev–Trinajstić information content (AvgIpc) is 3.15. The van der Waals surface area contributed by atoms with E-state index in [9.17, 15) is 22.8 Å². The molecule has 1 N–H and O–H groups in total. The van der Waals surface area contributed by atoms with Crippen molar-refractivity contribution in [3.8, 4) is 11.1 Å². The predicted octanol–water partition coefficient (Wildman–Crippen LogP) is 4.98. The normalized spacial score (nSPS) is 14.8. The van der Waals surface area contributed by atoms with Crippen LogP contribution in [-0.2, 0) is 11.3 Å². The highest BCUT2D eigenvalue weighted by atomic mass is 19.1. The number of nitrogens with zero attached hydrogens (tertiary/aromatic N) is 1. The highest BCUT2D eigenvalue weighted by Crippen LogP contribution is 2.36. The molecule has 0 saturated carbocycles. The summed E-state index contributed by atoms with van der Waals surface area (Å²) >= 11 is 0. The molecule has 178 valence electrons. The number of carbonyl (C=O) groups excluding carboxylic acids is 1. The summed E-state index contributed by atoms with van der Waals surface area (Å²) in [5, 5.41) is 4.01. The first-order valence-corrected chi connectivity index (χ1v) is 11.2. The number of hydrogen-bond donors (Lipinski definition) is 1. The zero-order valence-electron chi connectivity index (χ0n) is 18.6. The van der Waals surface area contributed by atoms with E-state index in [1.807, 2.05) is 0 Å². The van der Waals surface area contributed by atoms with Crippen LogP contribution in [0.15, 0.2) is 71.5 Å². The lowest BCUT2D eigenvalue weighted by atomic mass is 9.97. The number of aromatic nitrogens is 1. The van der Waals surface area contributed by atoms with Crippen molar-refractivity contribution in [1.29, 1.82) is 0 Å². The molecule has 8 heteroatoms. The Balaban J connectivity index is 1.22. The molecular weight excluding hydrogens is 457 g/mol. The number of esters is 1. The van der Waals surface area contributed by atoms with Crippen molar-refractivity contribution < 1.29 is 22.7 Å². The largest absolute Gasteiger partial charge is 0.454 e. The van der Waals surface area contributed by atoms with Crippen molar-refractivity contribution in [3.05, 3.63) is 106 Å². The minimum atomic E-state index is -0.704. The Morgan fingerprint density at radius 2 is 1.60 bits per heavy atom. The van der Waals surface area contributed by atoms with Gasteiger partial charge in [0.1, 0.15) is 23.6 Å². The maximum Gasteiger partial charge on any atom is 0.339 e. The lowest BCUT2D eigenvalue weighted by molar-refractivity contribution is 0.0369. The van der Waals surface area contributed by atoms with Crippen LogP contribution < -0.4 is 10.9 Å². The summed E-state index contributed by atoms with van der Waals surface area (Å²) in [6, 6.07) is 15.8. The van der Waals surface area contributed by atoms with Gasteiger partial charge in [-0.3, -0.25) is 4.79 Å². The molecule has 5 rings (SSSR count). The lowest BCUT2D eigenvalue weighted by Crippen LogP contribution is -2.28. The fraction of sp³-hybridized carbons (Fsp3) is 0.185. The van der Waals surface area contributed by atoms with Crippen LogP contribution in [0.5, 0.6) is 0 Å². The van der Waals surface area contributed by atoms with Gasteiger partial charge in [0.25, 0.3) is 5.56 Å². The van der Waals surface area contributed by atoms with Crippen molar-refractivity contribution >= 4 is 16.9 Å². The van der Waals surface area contributed by atoms with Gasteiger partial charge in [-0.25, -0.2) is 18.0 Å². The van der Waals surface area contributed by atoms with Crippen LogP contribution in [0.3, 0.4) is 0 Å². The van der Waals surface area contributed by atoms with Crippen LogP contribution in [0.2, 0.25) is 0 Å². The van der Waals surface area contributed by atoms with Crippen molar-refractivity contribution in [2.75, 3.05) is 13.1 Å². The van der Waals surface area contributed by atoms with Crippen LogP contribution in [0.25, 0.3) is 22.0 Å². The van der Waals surface area contributed by atoms with E-state index in [1.54, 1.807) is 30.3 Å². The number of nitrogens with one attached hydrogen (secondary N) is 1. The van der Waals surface area contributed by atoms with E-state index in [2.05, 4.69) is 5.32 Å². The second-order valence-electron chi connectivity index (χ2n) is 8.39. The number of fused-ring (bicyclic) bond motifs is 2. The smallest absolute Gasteiger partial charge is 0.339 e. The molecule has 0 amide bonds. The third kappa shape index (κ3) is 4.57. The van der Waals surface area contributed by atoms with Gasteiger partial charge in [0.05, 0.1) is 11.1 Å².